The Morgan fingerprint density at radius 3 is 2.50 bits per heavy atom. The van der Waals surface area contributed by atoms with E-state index in [-0.39, 0.29) is 0 Å². The lowest BCUT2D eigenvalue weighted by molar-refractivity contribution is 0.179. The molecule has 0 aromatic heterocycles. The number of benzene rings is 1. The van der Waals surface area contributed by atoms with Crippen LogP contribution in [0.1, 0.15) is 31.7 Å². The molecule has 0 bridgehead atoms. The van der Waals surface area contributed by atoms with Gasteiger partial charge in [0.25, 0.3) is 0 Å². The van der Waals surface area contributed by atoms with Gasteiger partial charge in [-0.05, 0) is 30.0 Å². The van der Waals surface area contributed by atoms with Crippen molar-refractivity contribution in [2.75, 3.05) is 13.2 Å². The Morgan fingerprint density at radius 2 is 1.94 bits per heavy atom. The SMILES string of the molecule is C=COCCOc1ccc(C(C)CC)cc1. The lowest BCUT2D eigenvalue weighted by Gasteiger charge is -2.10. The van der Waals surface area contributed by atoms with E-state index in [0.717, 1.165) is 12.2 Å². The molecular weight excluding hydrogens is 200 g/mol. The number of ether oxygens (including phenoxy) is 2. The molecule has 2 heteroatoms. The first-order chi connectivity index (χ1) is 7.77. The fourth-order valence-electron chi connectivity index (χ4n) is 1.42. The summed E-state index contributed by atoms with van der Waals surface area (Å²) in [5.74, 6) is 1.50. The summed E-state index contributed by atoms with van der Waals surface area (Å²) < 4.78 is 10.5. The minimum Gasteiger partial charge on any atom is -0.498 e. The quantitative estimate of drug-likeness (QED) is 0.515. The lowest BCUT2D eigenvalue weighted by atomic mass is 9.99. The van der Waals surface area contributed by atoms with Crippen LogP contribution >= 0.6 is 0 Å². The van der Waals surface area contributed by atoms with Crippen LogP contribution in [0.15, 0.2) is 37.1 Å². The van der Waals surface area contributed by atoms with E-state index < -0.39 is 0 Å². The predicted molar refractivity (Wildman–Crippen MR) is 66.8 cm³/mol. The molecule has 88 valence electrons. The zero-order chi connectivity index (χ0) is 11.8. The van der Waals surface area contributed by atoms with Crippen LogP contribution in [0.25, 0.3) is 0 Å². The van der Waals surface area contributed by atoms with Crippen molar-refractivity contribution in [3.8, 4) is 5.75 Å². The maximum absolute atomic E-state index is 5.50. The normalized spacial score (nSPS) is 11.9. The molecule has 1 rings (SSSR count). The summed E-state index contributed by atoms with van der Waals surface area (Å²) in [4.78, 5) is 0. The zero-order valence-corrected chi connectivity index (χ0v) is 10.1. The molecule has 1 aromatic carbocycles. The maximum Gasteiger partial charge on any atom is 0.122 e. The molecule has 16 heavy (non-hydrogen) atoms. The van der Waals surface area contributed by atoms with E-state index in [2.05, 4.69) is 32.6 Å². The molecule has 1 aromatic rings. The minimum absolute atomic E-state index is 0.538. The first-order valence-corrected chi connectivity index (χ1v) is 5.73. The standard InChI is InChI=1S/C14H20O2/c1-4-12(3)13-6-8-14(9-7-13)16-11-10-15-5-2/h5-9,12H,2,4,10-11H2,1,3H3. The van der Waals surface area contributed by atoms with Crippen LogP contribution in [-0.4, -0.2) is 13.2 Å². The van der Waals surface area contributed by atoms with Crippen LogP contribution in [0, 0.1) is 0 Å². The summed E-state index contributed by atoms with van der Waals surface area (Å²) in [6.45, 7) is 8.98. The van der Waals surface area contributed by atoms with Gasteiger partial charge < -0.3 is 9.47 Å². The van der Waals surface area contributed by atoms with Gasteiger partial charge >= 0.3 is 0 Å². The highest BCUT2D eigenvalue weighted by atomic mass is 16.5. The van der Waals surface area contributed by atoms with Crippen molar-refractivity contribution < 1.29 is 9.47 Å². The lowest BCUT2D eigenvalue weighted by Crippen LogP contribution is -2.03. The molecule has 2 nitrogen and oxygen atoms in total. The van der Waals surface area contributed by atoms with Crippen LogP contribution in [0.4, 0.5) is 0 Å². The summed E-state index contributed by atoms with van der Waals surface area (Å²) in [5, 5.41) is 0. The summed E-state index contributed by atoms with van der Waals surface area (Å²) >= 11 is 0. The van der Waals surface area contributed by atoms with Gasteiger partial charge in [-0.25, -0.2) is 0 Å². The second-order valence-corrected chi connectivity index (χ2v) is 3.76. The van der Waals surface area contributed by atoms with Gasteiger partial charge in [0.1, 0.15) is 19.0 Å². The Bertz CT molecular complexity index is 303. The van der Waals surface area contributed by atoms with Crippen LogP contribution in [0.3, 0.4) is 0 Å². The summed E-state index contributed by atoms with van der Waals surface area (Å²) in [7, 11) is 0. The fourth-order valence-corrected chi connectivity index (χ4v) is 1.42. The van der Waals surface area contributed by atoms with Crippen molar-refractivity contribution in [3.63, 3.8) is 0 Å². The van der Waals surface area contributed by atoms with Gasteiger partial charge in [0.05, 0.1) is 6.26 Å². The maximum atomic E-state index is 5.50. The highest BCUT2D eigenvalue weighted by Crippen LogP contribution is 2.21. The summed E-state index contributed by atoms with van der Waals surface area (Å²) in [6, 6.07) is 8.26. The molecule has 0 radical (unpaired) electrons. The molecule has 0 saturated carbocycles. The van der Waals surface area contributed by atoms with Crippen LogP contribution in [0.2, 0.25) is 0 Å². The molecule has 0 aliphatic carbocycles. The highest BCUT2D eigenvalue weighted by Gasteiger charge is 2.02. The molecule has 0 aliphatic heterocycles. The molecule has 0 amide bonds. The number of rotatable bonds is 7. The van der Waals surface area contributed by atoms with Crippen molar-refractivity contribution in [1.82, 2.24) is 0 Å². The highest BCUT2D eigenvalue weighted by molar-refractivity contribution is 5.29. The molecule has 1 atom stereocenters. The molecule has 1 unspecified atom stereocenters. The molecule has 0 spiro atoms. The Hall–Kier alpha value is -1.44. The Morgan fingerprint density at radius 1 is 1.25 bits per heavy atom. The van der Waals surface area contributed by atoms with Crippen LogP contribution < -0.4 is 4.74 Å². The second-order valence-electron chi connectivity index (χ2n) is 3.76. The summed E-state index contributed by atoms with van der Waals surface area (Å²) in [6.07, 6.45) is 2.59. The first-order valence-electron chi connectivity index (χ1n) is 5.73. The molecule has 0 saturated heterocycles. The van der Waals surface area contributed by atoms with Gasteiger partial charge in [-0.2, -0.15) is 0 Å². The Balaban J connectivity index is 2.42. The average molecular weight is 220 g/mol. The monoisotopic (exact) mass is 220 g/mol. The Kier molecular flexibility index (Phi) is 5.48. The Labute approximate surface area is 97.9 Å². The van der Waals surface area contributed by atoms with Crippen molar-refractivity contribution in [2.45, 2.75) is 26.2 Å². The van der Waals surface area contributed by atoms with E-state index in [4.69, 9.17) is 9.47 Å². The largest absolute Gasteiger partial charge is 0.498 e. The van der Waals surface area contributed by atoms with Gasteiger partial charge in [-0.1, -0.05) is 32.6 Å². The van der Waals surface area contributed by atoms with Gasteiger partial charge in [0.15, 0.2) is 0 Å². The molecule has 0 N–H and O–H groups in total. The molecule has 0 aliphatic rings. The van der Waals surface area contributed by atoms with Crippen LogP contribution in [0.5, 0.6) is 5.75 Å². The zero-order valence-electron chi connectivity index (χ0n) is 10.1. The van der Waals surface area contributed by atoms with Gasteiger partial charge in [-0.3, -0.25) is 0 Å². The van der Waals surface area contributed by atoms with Crippen LogP contribution in [-0.2, 0) is 4.74 Å². The van der Waals surface area contributed by atoms with Crippen molar-refractivity contribution in [1.29, 1.82) is 0 Å². The molecule has 0 heterocycles. The minimum atomic E-state index is 0.538. The fraction of sp³-hybridized carbons (Fsp3) is 0.429. The first kappa shape index (κ1) is 12.6. The van der Waals surface area contributed by atoms with E-state index in [1.165, 1.54) is 11.8 Å². The second kappa shape index (κ2) is 6.94. The summed E-state index contributed by atoms with van der Waals surface area (Å²) in [5.41, 5.74) is 1.36. The van der Waals surface area contributed by atoms with E-state index in [1.807, 2.05) is 12.1 Å². The van der Waals surface area contributed by atoms with Crippen molar-refractivity contribution in [3.05, 3.63) is 42.7 Å². The third kappa shape index (κ3) is 3.97. The van der Waals surface area contributed by atoms with E-state index in [0.29, 0.717) is 19.1 Å². The van der Waals surface area contributed by atoms with Crippen molar-refractivity contribution in [2.24, 2.45) is 0 Å². The smallest absolute Gasteiger partial charge is 0.122 e. The topological polar surface area (TPSA) is 18.5 Å². The third-order valence-corrected chi connectivity index (χ3v) is 2.65. The van der Waals surface area contributed by atoms with Gasteiger partial charge in [0, 0.05) is 0 Å². The number of hydrogen-bond acceptors (Lipinski definition) is 2. The van der Waals surface area contributed by atoms with Gasteiger partial charge in [0.2, 0.25) is 0 Å². The predicted octanol–water partition coefficient (Wildman–Crippen LogP) is 3.74. The number of hydrogen-bond donors (Lipinski definition) is 0. The van der Waals surface area contributed by atoms with E-state index in [9.17, 15) is 0 Å². The molecular formula is C14H20O2. The van der Waals surface area contributed by atoms with E-state index >= 15 is 0 Å². The third-order valence-electron chi connectivity index (χ3n) is 2.65. The van der Waals surface area contributed by atoms with E-state index in [1.54, 1.807) is 0 Å². The molecule has 0 fully saturated rings. The van der Waals surface area contributed by atoms with Crippen molar-refractivity contribution >= 4 is 0 Å². The van der Waals surface area contributed by atoms with Gasteiger partial charge in [-0.15, -0.1) is 0 Å². The average Bonchev–Trinajstić information content (AvgIpc) is 2.34.